The Morgan fingerprint density at radius 1 is 0.953 bits per heavy atom. The number of rotatable bonds is 6. The van der Waals surface area contributed by atoms with Crippen LogP contribution < -0.4 is 15.2 Å². The van der Waals surface area contributed by atoms with E-state index in [4.69, 9.17) is 19.7 Å². The Morgan fingerprint density at radius 2 is 1.58 bits per heavy atom. The lowest BCUT2D eigenvalue weighted by Crippen LogP contribution is -2.63. The van der Waals surface area contributed by atoms with Crippen molar-refractivity contribution in [1.29, 1.82) is 0 Å². The summed E-state index contributed by atoms with van der Waals surface area (Å²) in [6, 6.07) is 19.6. The predicted octanol–water partition coefficient (Wildman–Crippen LogP) is 4.19. The fourth-order valence-corrected chi connectivity index (χ4v) is 6.59. The van der Waals surface area contributed by atoms with Gasteiger partial charge >= 0.3 is 0 Å². The highest BCUT2D eigenvalue weighted by atomic mass is 16.5. The second kappa shape index (κ2) is 10.2. The van der Waals surface area contributed by atoms with Crippen LogP contribution in [0, 0.1) is 18.8 Å². The molecule has 0 unspecified atom stereocenters. The molecule has 2 heterocycles. The smallest absolute Gasteiger partial charge is 0.265 e. The van der Waals surface area contributed by atoms with Gasteiger partial charge < -0.3 is 29.9 Å². The number of nitrogens with two attached hydrogens (primary N) is 1. The third kappa shape index (κ3) is 4.25. The van der Waals surface area contributed by atoms with Crippen molar-refractivity contribution in [3.8, 4) is 11.8 Å². The summed E-state index contributed by atoms with van der Waals surface area (Å²) in [6.45, 7) is 2.11. The maximum Gasteiger partial charge on any atom is 0.265 e. The van der Waals surface area contributed by atoms with Gasteiger partial charge in [-0.15, -0.1) is 0 Å². The lowest BCUT2D eigenvalue weighted by atomic mass is 9.57. The monoisotopic (exact) mass is 579 g/mol. The number of hydrogen-bond donors (Lipinski definition) is 3. The topological polar surface area (TPSA) is 158 Å². The maximum absolute atomic E-state index is 14.2. The van der Waals surface area contributed by atoms with E-state index < -0.39 is 35.0 Å². The molecule has 0 saturated heterocycles. The number of ketones is 2. The molecule has 218 valence electrons. The first kappa shape index (κ1) is 27.1. The lowest BCUT2D eigenvalue weighted by Gasteiger charge is -2.47. The Morgan fingerprint density at radius 3 is 2.23 bits per heavy atom. The van der Waals surface area contributed by atoms with Crippen molar-refractivity contribution in [3.63, 3.8) is 0 Å². The summed E-state index contributed by atoms with van der Waals surface area (Å²) >= 11 is 0. The molecule has 10 nitrogen and oxygen atoms in total. The lowest BCUT2D eigenvalue weighted by molar-refractivity contribution is -0.140. The van der Waals surface area contributed by atoms with Crippen molar-refractivity contribution in [2.75, 3.05) is 0 Å². The molecule has 0 bridgehead atoms. The average Bonchev–Trinajstić information content (AvgIpc) is 3.44. The van der Waals surface area contributed by atoms with Crippen LogP contribution in [0.25, 0.3) is 5.76 Å². The summed E-state index contributed by atoms with van der Waals surface area (Å²) in [5, 5.41) is 27.5. The van der Waals surface area contributed by atoms with Gasteiger partial charge in [0, 0.05) is 17.2 Å². The highest BCUT2D eigenvalue weighted by molar-refractivity contribution is 6.26. The van der Waals surface area contributed by atoms with Gasteiger partial charge in [0.2, 0.25) is 17.4 Å². The number of aliphatic hydroxyl groups excluding tert-OH is 1. The highest BCUT2D eigenvalue weighted by Crippen LogP contribution is 2.54. The zero-order valence-electron chi connectivity index (χ0n) is 23.3. The van der Waals surface area contributed by atoms with Crippen LogP contribution in [0.3, 0.4) is 0 Å². The number of fused-ring (bicyclic) bond motifs is 4. The Kier molecular flexibility index (Phi) is 6.41. The molecule has 10 heteroatoms. The molecule has 3 aliphatic carbocycles. The Hall–Kier alpha value is -4.80. The van der Waals surface area contributed by atoms with Crippen LogP contribution in [0.1, 0.15) is 56.5 Å². The van der Waals surface area contributed by atoms with E-state index >= 15 is 0 Å². The minimum Gasteiger partial charge on any atom is -0.507 e. The minimum absolute atomic E-state index is 0.0336. The standard InChI is InChI=1S/C33H29N3O7/c1-17-12-20-13-21-14-22-26(34)28-25(32(36-43-28)42-16-19-10-6-3-7-11-19)30(39)33(22,40)29(38)23(21)27(37)24(20)31(35-17)41-15-18-8-4-2-5-9-18/h2-12,21-22,26,37,40H,13-16,34H2,1H3/t21-,22-,26-,33-/m0/s1. The Bertz CT molecular complexity index is 1780. The first-order chi connectivity index (χ1) is 20.8. The van der Waals surface area contributed by atoms with Crippen molar-refractivity contribution in [2.24, 2.45) is 17.6 Å². The van der Waals surface area contributed by atoms with Gasteiger partial charge in [-0.05, 0) is 53.6 Å². The molecule has 0 aliphatic heterocycles. The van der Waals surface area contributed by atoms with Crippen LogP contribution in [0.2, 0.25) is 0 Å². The molecular weight excluding hydrogens is 550 g/mol. The van der Waals surface area contributed by atoms with Crippen LogP contribution in [0.5, 0.6) is 11.8 Å². The molecule has 1 saturated carbocycles. The van der Waals surface area contributed by atoms with Crippen LogP contribution in [-0.2, 0) is 24.4 Å². The number of hydrogen-bond acceptors (Lipinski definition) is 10. The number of aliphatic hydroxyl groups is 2. The van der Waals surface area contributed by atoms with E-state index in [9.17, 15) is 19.8 Å². The molecule has 0 radical (unpaired) electrons. The van der Waals surface area contributed by atoms with Gasteiger partial charge in [-0.3, -0.25) is 9.59 Å². The number of pyridine rings is 1. The van der Waals surface area contributed by atoms with Crippen LogP contribution in [0.15, 0.2) is 76.8 Å². The van der Waals surface area contributed by atoms with Gasteiger partial charge in [0.1, 0.15) is 24.5 Å². The number of ether oxygens (including phenoxy) is 2. The second-order valence-corrected chi connectivity index (χ2v) is 11.3. The third-order valence-electron chi connectivity index (χ3n) is 8.66. The minimum atomic E-state index is -2.54. The third-order valence-corrected chi connectivity index (χ3v) is 8.66. The van der Waals surface area contributed by atoms with Gasteiger partial charge in [-0.1, -0.05) is 60.7 Å². The van der Waals surface area contributed by atoms with Gasteiger partial charge in [0.05, 0.1) is 11.6 Å². The maximum atomic E-state index is 14.2. The van der Waals surface area contributed by atoms with E-state index in [0.717, 1.165) is 16.7 Å². The summed E-state index contributed by atoms with van der Waals surface area (Å²) in [7, 11) is 0. The molecule has 0 amide bonds. The number of carbonyl (C=O) groups excluding carboxylic acids is 2. The van der Waals surface area contributed by atoms with E-state index in [0.29, 0.717) is 12.1 Å². The summed E-state index contributed by atoms with van der Waals surface area (Å²) in [5.74, 6) is -3.54. The molecule has 1 fully saturated rings. The molecule has 43 heavy (non-hydrogen) atoms. The average molecular weight is 580 g/mol. The number of carbonyl (C=O) groups is 2. The molecule has 4 aromatic rings. The van der Waals surface area contributed by atoms with E-state index in [-0.39, 0.29) is 59.6 Å². The normalized spacial score (nSPS) is 24.1. The van der Waals surface area contributed by atoms with Gasteiger partial charge in [0.15, 0.2) is 11.4 Å². The second-order valence-electron chi connectivity index (χ2n) is 11.3. The Balaban J connectivity index is 1.25. The number of aryl methyl sites for hydroxylation is 1. The summed E-state index contributed by atoms with van der Waals surface area (Å²) in [4.78, 5) is 32.7. The van der Waals surface area contributed by atoms with Crippen molar-refractivity contribution in [1.82, 2.24) is 10.1 Å². The molecule has 4 atom stereocenters. The first-order valence-electron chi connectivity index (χ1n) is 14.1. The van der Waals surface area contributed by atoms with E-state index in [1.165, 1.54) is 0 Å². The number of Topliss-reactive ketones (excluding diaryl/α,β-unsaturated/α-hetero) is 2. The molecule has 4 N–H and O–H groups in total. The van der Waals surface area contributed by atoms with Crippen molar-refractivity contribution in [3.05, 3.63) is 112 Å². The number of benzene rings is 2. The van der Waals surface area contributed by atoms with Gasteiger partial charge in [-0.25, -0.2) is 4.98 Å². The van der Waals surface area contributed by atoms with Crippen LogP contribution in [0.4, 0.5) is 0 Å². The van der Waals surface area contributed by atoms with E-state index in [1.807, 2.05) is 73.7 Å². The van der Waals surface area contributed by atoms with Crippen molar-refractivity contribution in [2.45, 2.75) is 44.6 Å². The summed E-state index contributed by atoms with van der Waals surface area (Å²) < 4.78 is 17.3. The Labute approximate surface area is 246 Å². The summed E-state index contributed by atoms with van der Waals surface area (Å²) in [6.07, 6.45) is 0.531. The zero-order chi connectivity index (χ0) is 29.9. The molecule has 3 aliphatic rings. The van der Waals surface area contributed by atoms with Crippen LogP contribution in [-0.4, -0.2) is 37.5 Å². The predicted molar refractivity (Wildman–Crippen MR) is 153 cm³/mol. The SMILES string of the molecule is Cc1cc2c(c(OCc3ccccc3)n1)C(O)=C1C(=O)[C@]3(O)C(=O)c4c(OCc5ccccc5)noc4[C@@H](N)[C@@H]3C[C@@H]1C2. The molecule has 0 spiro atoms. The summed E-state index contributed by atoms with van der Waals surface area (Å²) in [5.41, 5.74) is 7.30. The first-order valence-corrected chi connectivity index (χ1v) is 14.1. The van der Waals surface area contributed by atoms with Crippen molar-refractivity contribution >= 4 is 17.3 Å². The highest BCUT2D eigenvalue weighted by Gasteiger charge is 2.64. The fraction of sp³-hybridized carbons (Fsp3) is 0.273. The van der Waals surface area contributed by atoms with E-state index in [2.05, 4.69) is 10.1 Å². The zero-order valence-corrected chi connectivity index (χ0v) is 23.3. The van der Waals surface area contributed by atoms with Gasteiger partial charge in [-0.2, -0.15) is 0 Å². The fourth-order valence-electron chi connectivity index (χ4n) is 6.59. The molecule has 7 rings (SSSR count). The van der Waals surface area contributed by atoms with Crippen LogP contribution >= 0.6 is 0 Å². The van der Waals surface area contributed by atoms with Crippen molar-refractivity contribution < 1.29 is 33.8 Å². The molecule has 2 aromatic heterocycles. The van der Waals surface area contributed by atoms with Gasteiger partial charge in [0.25, 0.3) is 5.88 Å². The molecular formula is C33H29N3O7. The molecule has 2 aromatic carbocycles. The largest absolute Gasteiger partial charge is 0.507 e. The number of aromatic nitrogens is 2. The quantitative estimate of drug-likeness (QED) is 0.283. The number of nitrogens with zero attached hydrogens (tertiary/aromatic N) is 2. The van der Waals surface area contributed by atoms with E-state index in [1.54, 1.807) is 0 Å².